The number of rotatable bonds is 19. The Morgan fingerprint density at radius 1 is 1.09 bits per heavy atom. The number of carbonyl (C=O) groups excluding carboxylic acids is 4. The van der Waals surface area contributed by atoms with Crippen LogP contribution in [0.25, 0.3) is 0 Å². The molecule has 0 bridgehead atoms. The Kier molecular flexibility index (Phi) is 15.5. The quantitative estimate of drug-likeness (QED) is 0.0948. The van der Waals surface area contributed by atoms with Gasteiger partial charge in [-0.15, -0.1) is 0 Å². The highest BCUT2D eigenvalue weighted by atomic mass is 16.5. The molecule has 0 aliphatic heterocycles. The Morgan fingerprint density at radius 2 is 1.79 bits per heavy atom. The van der Waals surface area contributed by atoms with Crippen molar-refractivity contribution >= 4 is 24.1 Å². The summed E-state index contributed by atoms with van der Waals surface area (Å²) in [5.74, 6) is -1.66. The van der Waals surface area contributed by atoms with Crippen LogP contribution in [-0.4, -0.2) is 75.0 Å². The number of amides is 1. The molecule has 33 heavy (non-hydrogen) atoms. The third kappa shape index (κ3) is 14.9. The van der Waals surface area contributed by atoms with Crippen LogP contribution in [0.1, 0.15) is 58.8 Å². The fourth-order valence-corrected chi connectivity index (χ4v) is 3.26. The van der Waals surface area contributed by atoms with E-state index in [1.54, 1.807) is 20.0 Å². The van der Waals surface area contributed by atoms with E-state index in [2.05, 4.69) is 17.2 Å². The van der Waals surface area contributed by atoms with Crippen LogP contribution in [0, 0.1) is 0 Å². The predicted molar refractivity (Wildman–Crippen MR) is 125 cm³/mol. The highest BCUT2D eigenvalue weighted by Gasteiger charge is 2.27. The van der Waals surface area contributed by atoms with Gasteiger partial charge in [0.15, 0.2) is 0 Å². The Balaban J connectivity index is 4.30. The number of aliphatic carboxylic acids is 1. The van der Waals surface area contributed by atoms with E-state index < -0.39 is 11.9 Å². The van der Waals surface area contributed by atoms with Crippen LogP contribution < -0.4 is 15.7 Å². The Labute approximate surface area is 197 Å². The zero-order valence-electron chi connectivity index (χ0n) is 20.6. The standard InChI is InChI=1S/C24H41N3O6/c1-19(2)24(32)33-16-10-12-25-18-20(3)23(31)26-13-9-14-27(4,5)21(17-22(29)30)11-7-6-8-15-28/h15,18,21H,1,6-14,16-17H2,2-5H3,(H2-,25,26,29,30,31). The maximum Gasteiger partial charge on any atom is 0.333 e. The largest absolute Gasteiger partial charge is 0.550 e. The first-order chi connectivity index (χ1) is 15.5. The van der Waals surface area contributed by atoms with Crippen LogP contribution in [0.4, 0.5) is 0 Å². The summed E-state index contributed by atoms with van der Waals surface area (Å²) >= 11 is 0. The number of aldehydes is 1. The van der Waals surface area contributed by atoms with Gasteiger partial charge in [-0.05, 0) is 39.5 Å². The van der Waals surface area contributed by atoms with Crippen molar-refractivity contribution in [2.45, 2.75) is 64.8 Å². The lowest BCUT2D eigenvalue weighted by Crippen LogP contribution is -2.52. The minimum Gasteiger partial charge on any atom is -0.550 e. The normalized spacial score (nSPS) is 12.5. The molecule has 0 radical (unpaired) electrons. The molecule has 0 aromatic heterocycles. The van der Waals surface area contributed by atoms with E-state index in [0.717, 1.165) is 19.1 Å². The first-order valence-electron chi connectivity index (χ1n) is 11.5. The summed E-state index contributed by atoms with van der Waals surface area (Å²) in [5, 5.41) is 17.1. The van der Waals surface area contributed by atoms with Crippen molar-refractivity contribution in [2.24, 2.45) is 0 Å². The SMILES string of the molecule is C=C(C)C(=O)OCCCNC=C(C)C(=O)NCCC[N+](C)(C)C(CCCCC=O)CC(=O)[O-]. The summed E-state index contributed by atoms with van der Waals surface area (Å²) in [6.45, 7) is 8.84. The molecule has 1 atom stereocenters. The average Bonchev–Trinajstić information content (AvgIpc) is 2.74. The topological polar surface area (TPSA) is 125 Å². The maximum atomic E-state index is 12.2. The summed E-state index contributed by atoms with van der Waals surface area (Å²) in [4.78, 5) is 45.1. The van der Waals surface area contributed by atoms with Crippen molar-refractivity contribution in [3.63, 3.8) is 0 Å². The second-order valence-electron chi connectivity index (χ2n) is 8.84. The molecule has 0 saturated heterocycles. The molecule has 9 heteroatoms. The minimum absolute atomic E-state index is 0.0274. The summed E-state index contributed by atoms with van der Waals surface area (Å²) in [7, 11) is 3.97. The van der Waals surface area contributed by atoms with Gasteiger partial charge in [0.1, 0.15) is 6.29 Å². The third-order valence-electron chi connectivity index (χ3n) is 5.42. The van der Waals surface area contributed by atoms with E-state index in [1.807, 2.05) is 14.1 Å². The molecular weight excluding hydrogens is 426 g/mol. The van der Waals surface area contributed by atoms with Gasteiger partial charge in [-0.2, -0.15) is 0 Å². The molecular formula is C24H41N3O6. The van der Waals surface area contributed by atoms with Crippen LogP contribution >= 0.6 is 0 Å². The zero-order valence-corrected chi connectivity index (χ0v) is 20.6. The van der Waals surface area contributed by atoms with Gasteiger partial charge in [-0.25, -0.2) is 4.79 Å². The molecule has 1 unspecified atom stereocenters. The molecule has 2 N–H and O–H groups in total. The lowest BCUT2D eigenvalue weighted by molar-refractivity contribution is -0.915. The number of unbranched alkanes of at least 4 members (excludes halogenated alkanes) is 2. The fourth-order valence-electron chi connectivity index (χ4n) is 3.26. The zero-order chi connectivity index (χ0) is 25.3. The summed E-state index contributed by atoms with van der Waals surface area (Å²) in [6.07, 6.45) is 6.54. The van der Waals surface area contributed by atoms with Crippen LogP contribution in [-0.2, 0) is 23.9 Å². The molecule has 0 heterocycles. The predicted octanol–water partition coefficient (Wildman–Crippen LogP) is 0.840. The molecule has 0 saturated carbocycles. The fraction of sp³-hybridized carbons (Fsp3) is 0.667. The van der Waals surface area contributed by atoms with Gasteiger partial charge < -0.3 is 34.5 Å². The van der Waals surface area contributed by atoms with Crippen LogP contribution in [0.5, 0.6) is 0 Å². The van der Waals surface area contributed by atoms with Crippen molar-refractivity contribution in [3.8, 4) is 0 Å². The maximum absolute atomic E-state index is 12.2. The van der Waals surface area contributed by atoms with Gasteiger partial charge in [-0.1, -0.05) is 6.58 Å². The van der Waals surface area contributed by atoms with E-state index in [4.69, 9.17) is 4.74 Å². The van der Waals surface area contributed by atoms with Gasteiger partial charge >= 0.3 is 5.97 Å². The van der Waals surface area contributed by atoms with E-state index >= 15 is 0 Å². The average molecular weight is 468 g/mol. The van der Waals surface area contributed by atoms with Crippen molar-refractivity contribution in [1.82, 2.24) is 10.6 Å². The molecule has 0 aromatic rings. The molecule has 9 nitrogen and oxygen atoms in total. The molecule has 188 valence electrons. The number of quaternary nitrogens is 1. The molecule has 0 aliphatic rings. The van der Waals surface area contributed by atoms with Crippen molar-refractivity contribution in [1.29, 1.82) is 0 Å². The number of carbonyl (C=O) groups is 4. The smallest absolute Gasteiger partial charge is 0.333 e. The van der Waals surface area contributed by atoms with E-state index in [9.17, 15) is 24.3 Å². The number of nitrogens with zero attached hydrogens (tertiary/aromatic N) is 1. The highest BCUT2D eigenvalue weighted by Crippen LogP contribution is 2.18. The van der Waals surface area contributed by atoms with E-state index in [0.29, 0.717) is 60.9 Å². The molecule has 0 fully saturated rings. The van der Waals surface area contributed by atoms with Crippen molar-refractivity contribution in [2.75, 3.05) is 40.3 Å². The van der Waals surface area contributed by atoms with Crippen molar-refractivity contribution in [3.05, 3.63) is 23.9 Å². The number of esters is 1. The van der Waals surface area contributed by atoms with Crippen LogP contribution in [0.3, 0.4) is 0 Å². The first kappa shape index (κ1) is 30.3. The first-order valence-corrected chi connectivity index (χ1v) is 11.5. The number of hydrogen-bond acceptors (Lipinski definition) is 7. The molecule has 0 rings (SSSR count). The van der Waals surface area contributed by atoms with Crippen LogP contribution in [0.15, 0.2) is 23.9 Å². The van der Waals surface area contributed by atoms with Gasteiger partial charge in [0.25, 0.3) is 0 Å². The Hall–Kier alpha value is -2.68. The monoisotopic (exact) mass is 467 g/mol. The van der Waals surface area contributed by atoms with Gasteiger partial charge in [0, 0.05) is 55.7 Å². The Bertz CT molecular complexity index is 688. The highest BCUT2D eigenvalue weighted by molar-refractivity contribution is 5.92. The lowest BCUT2D eigenvalue weighted by atomic mass is 10.0. The number of carboxylic acid groups (broad SMARTS) is 1. The number of nitrogens with one attached hydrogen (secondary N) is 2. The van der Waals surface area contributed by atoms with Gasteiger partial charge in [0.2, 0.25) is 5.91 Å². The van der Waals surface area contributed by atoms with Crippen LogP contribution in [0.2, 0.25) is 0 Å². The number of ether oxygens (including phenoxy) is 1. The molecule has 0 aliphatic carbocycles. The van der Waals surface area contributed by atoms with Gasteiger partial charge in [-0.3, -0.25) is 4.79 Å². The van der Waals surface area contributed by atoms with E-state index in [1.165, 1.54) is 0 Å². The summed E-state index contributed by atoms with van der Waals surface area (Å²) in [6, 6.07) is -0.0992. The minimum atomic E-state index is -1.07. The van der Waals surface area contributed by atoms with Gasteiger partial charge in [0.05, 0.1) is 33.3 Å². The van der Waals surface area contributed by atoms with E-state index in [-0.39, 0.29) is 25.0 Å². The summed E-state index contributed by atoms with van der Waals surface area (Å²) < 4.78 is 5.50. The molecule has 0 spiro atoms. The number of hydrogen-bond donors (Lipinski definition) is 2. The summed E-state index contributed by atoms with van der Waals surface area (Å²) in [5.41, 5.74) is 0.897. The second kappa shape index (κ2) is 16.9. The third-order valence-corrected chi connectivity index (χ3v) is 5.42. The number of carboxylic acids is 1. The Morgan fingerprint density at radius 3 is 2.39 bits per heavy atom. The van der Waals surface area contributed by atoms with Crippen molar-refractivity contribution < 1.29 is 33.5 Å². The molecule has 0 aromatic carbocycles. The lowest BCUT2D eigenvalue weighted by Gasteiger charge is -2.39. The second-order valence-corrected chi connectivity index (χ2v) is 8.84. The molecule has 1 amide bonds.